The highest BCUT2D eigenvalue weighted by atomic mass is 35.5. The first-order valence-corrected chi connectivity index (χ1v) is 6.17. The van der Waals surface area contributed by atoms with E-state index in [0.717, 1.165) is 11.1 Å². The highest BCUT2D eigenvalue weighted by Crippen LogP contribution is 2.30. The summed E-state index contributed by atoms with van der Waals surface area (Å²) < 4.78 is 1.34. The Kier molecular flexibility index (Phi) is 2.77. The molecule has 7 heteroatoms. The predicted octanol–water partition coefficient (Wildman–Crippen LogP) is 2.21. The Morgan fingerprint density at radius 1 is 1.25 bits per heavy atom. The summed E-state index contributed by atoms with van der Waals surface area (Å²) in [6.45, 7) is 2.00. The number of anilines is 1. The monoisotopic (exact) mass is 284 g/mol. The number of halogens is 1. The molecule has 1 aromatic carbocycles. The van der Waals surface area contributed by atoms with Crippen LogP contribution in [0.4, 0.5) is 5.82 Å². The number of rotatable bonds is 1. The second-order valence-corrected chi connectivity index (χ2v) is 4.69. The van der Waals surface area contributed by atoms with Gasteiger partial charge in [0.25, 0.3) is 0 Å². The maximum Gasteiger partial charge on any atom is 0.205 e. The zero-order valence-corrected chi connectivity index (χ0v) is 11.3. The molecule has 0 saturated heterocycles. The summed E-state index contributed by atoms with van der Waals surface area (Å²) in [7, 11) is 0. The Morgan fingerprint density at radius 3 is 2.60 bits per heavy atom. The van der Waals surface area contributed by atoms with E-state index in [1.165, 1.54) is 4.52 Å². The molecule has 0 bridgehead atoms. The molecule has 3 rings (SSSR count). The smallest absolute Gasteiger partial charge is 0.205 e. The van der Waals surface area contributed by atoms with Gasteiger partial charge < -0.3 is 5.73 Å². The number of nitriles is 1. The SMILES string of the molecule is Cc1ccc(-c2nn3c(N)c(C#N)nnc3c2Cl)cc1. The molecule has 98 valence electrons. The van der Waals surface area contributed by atoms with Gasteiger partial charge in [-0.3, -0.25) is 0 Å². The standard InChI is InChI=1S/C13H9ClN6/c1-7-2-4-8(5-3-7)11-10(14)13-18-17-9(6-15)12(16)20(13)19-11/h2-5H,16H2,1H3. The second-order valence-electron chi connectivity index (χ2n) is 4.31. The molecule has 0 aliphatic rings. The molecule has 0 spiro atoms. The summed E-state index contributed by atoms with van der Waals surface area (Å²) in [5, 5.41) is 21.2. The molecule has 2 heterocycles. The number of hydrogen-bond donors (Lipinski definition) is 1. The van der Waals surface area contributed by atoms with Gasteiger partial charge in [0, 0.05) is 5.56 Å². The van der Waals surface area contributed by atoms with E-state index < -0.39 is 0 Å². The van der Waals surface area contributed by atoms with Crippen LogP contribution in [0.15, 0.2) is 24.3 Å². The van der Waals surface area contributed by atoms with Crippen molar-refractivity contribution in [2.45, 2.75) is 6.92 Å². The van der Waals surface area contributed by atoms with E-state index in [9.17, 15) is 0 Å². The summed E-state index contributed by atoms with van der Waals surface area (Å²) in [5.74, 6) is 0.123. The maximum atomic E-state index is 8.89. The van der Waals surface area contributed by atoms with Crippen molar-refractivity contribution in [1.29, 1.82) is 5.26 Å². The Morgan fingerprint density at radius 2 is 1.95 bits per heavy atom. The van der Waals surface area contributed by atoms with E-state index in [0.29, 0.717) is 16.4 Å². The number of nitrogens with two attached hydrogens (primary N) is 1. The number of benzene rings is 1. The average Bonchev–Trinajstić information content (AvgIpc) is 2.79. The number of fused-ring (bicyclic) bond motifs is 1. The van der Waals surface area contributed by atoms with Gasteiger partial charge in [-0.05, 0) is 6.92 Å². The van der Waals surface area contributed by atoms with E-state index in [1.54, 1.807) is 0 Å². The third-order valence-corrected chi connectivity index (χ3v) is 3.30. The zero-order chi connectivity index (χ0) is 14.3. The summed E-state index contributed by atoms with van der Waals surface area (Å²) >= 11 is 6.27. The summed E-state index contributed by atoms with van der Waals surface area (Å²) in [4.78, 5) is 0. The minimum atomic E-state index is 0.0205. The summed E-state index contributed by atoms with van der Waals surface area (Å²) in [6, 6.07) is 9.62. The maximum absolute atomic E-state index is 8.89. The molecule has 2 aromatic heterocycles. The third-order valence-electron chi connectivity index (χ3n) is 2.95. The first kappa shape index (κ1) is 12.4. The van der Waals surface area contributed by atoms with Gasteiger partial charge in [0.1, 0.15) is 16.8 Å². The van der Waals surface area contributed by atoms with Crippen LogP contribution in [0, 0.1) is 18.3 Å². The predicted molar refractivity (Wildman–Crippen MR) is 75.1 cm³/mol. The third kappa shape index (κ3) is 1.76. The number of nitrogens with zero attached hydrogens (tertiary/aromatic N) is 5. The first-order chi connectivity index (χ1) is 9.61. The normalized spacial score (nSPS) is 10.7. The number of nitrogen functional groups attached to an aromatic ring is 1. The summed E-state index contributed by atoms with van der Waals surface area (Å²) in [6.07, 6.45) is 0. The molecule has 0 amide bonds. The first-order valence-electron chi connectivity index (χ1n) is 5.79. The number of aryl methyl sites for hydroxylation is 1. The molecule has 0 aliphatic heterocycles. The van der Waals surface area contributed by atoms with Gasteiger partial charge in [-0.1, -0.05) is 41.4 Å². The van der Waals surface area contributed by atoms with Crippen LogP contribution in [0.1, 0.15) is 11.3 Å². The van der Waals surface area contributed by atoms with Crippen LogP contribution in [0.2, 0.25) is 5.02 Å². The van der Waals surface area contributed by atoms with Gasteiger partial charge >= 0.3 is 0 Å². The lowest BCUT2D eigenvalue weighted by atomic mass is 10.1. The minimum Gasteiger partial charge on any atom is -0.381 e. The zero-order valence-electron chi connectivity index (χ0n) is 10.5. The lowest BCUT2D eigenvalue weighted by Gasteiger charge is -1.98. The van der Waals surface area contributed by atoms with Gasteiger partial charge in [0.15, 0.2) is 11.5 Å². The Balaban J connectivity index is 2.28. The Hall–Kier alpha value is -2.65. The van der Waals surface area contributed by atoms with Crippen LogP contribution in [-0.4, -0.2) is 19.8 Å². The topological polar surface area (TPSA) is 92.9 Å². The number of hydrogen-bond acceptors (Lipinski definition) is 5. The van der Waals surface area contributed by atoms with Gasteiger partial charge in [-0.15, -0.1) is 10.2 Å². The molecule has 2 N–H and O–H groups in total. The van der Waals surface area contributed by atoms with Crippen LogP contribution in [0.5, 0.6) is 0 Å². The van der Waals surface area contributed by atoms with Crippen molar-refractivity contribution in [3.8, 4) is 17.3 Å². The van der Waals surface area contributed by atoms with Gasteiger partial charge in [0.2, 0.25) is 5.69 Å². The van der Waals surface area contributed by atoms with E-state index in [2.05, 4.69) is 15.3 Å². The minimum absolute atomic E-state index is 0.0205. The van der Waals surface area contributed by atoms with Gasteiger partial charge in [-0.2, -0.15) is 14.9 Å². The highest BCUT2D eigenvalue weighted by Gasteiger charge is 2.17. The quantitative estimate of drug-likeness (QED) is 0.739. The molecule has 3 aromatic rings. The lowest BCUT2D eigenvalue weighted by Crippen LogP contribution is -2.05. The molecular weight excluding hydrogens is 276 g/mol. The fourth-order valence-electron chi connectivity index (χ4n) is 1.87. The van der Waals surface area contributed by atoms with Crippen molar-refractivity contribution in [2.24, 2.45) is 0 Å². The molecule has 20 heavy (non-hydrogen) atoms. The van der Waals surface area contributed by atoms with Gasteiger partial charge in [0.05, 0.1) is 0 Å². The van der Waals surface area contributed by atoms with E-state index in [4.69, 9.17) is 22.6 Å². The van der Waals surface area contributed by atoms with Crippen LogP contribution < -0.4 is 5.73 Å². The Bertz CT molecular complexity index is 844. The van der Waals surface area contributed by atoms with E-state index in [-0.39, 0.29) is 11.5 Å². The van der Waals surface area contributed by atoms with Crippen LogP contribution >= 0.6 is 11.6 Å². The van der Waals surface area contributed by atoms with Crippen LogP contribution in [0.3, 0.4) is 0 Å². The van der Waals surface area contributed by atoms with E-state index in [1.807, 2.05) is 37.3 Å². The molecule has 0 atom stereocenters. The summed E-state index contributed by atoms with van der Waals surface area (Å²) in [5.41, 5.74) is 8.73. The van der Waals surface area contributed by atoms with Crippen molar-refractivity contribution in [2.75, 3.05) is 5.73 Å². The Labute approximate surface area is 119 Å². The largest absolute Gasteiger partial charge is 0.381 e. The highest BCUT2D eigenvalue weighted by molar-refractivity contribution is 6.36. The number of aromatic nitrogens is 4. The molecule has 0 radical (unpaired) electrons. The molecular formula is C13H9ClN6. The van der Waals surface area contributed by atoms with Crippen molar-refractivity contribution < 1.29 is 0 Å². The van der Waals surface area contributed by atoms with Crippen molar-refractivity contribution >= 4 is 23.1 Å². The molecule has 0 saturated carbocycles. The molecule has 0 unspecified atom stereocenters. The van der Waals surface area contributed by atoms with Crippen LogP contribution in [0.25, 0.3) is 16.9 Å². The van der Waals surface area contributed by atoms with Gasteiger partial charge in [-0.25, -0.2) is 0 Å². The average molecular weight is 285 g/mol. The fraction of sp³-hybridized carbons (Fsp3) is 0.0769. The lowest BCUT2D eigenvalue weighted by molar-refractivity contribution is 0.894. The van der Waals surface area contributed by atoms with Crippen molar-refractivity contribution in [3.05, 3.63) is 40.5 Å². The second kappa shape index (κ2) is 4.47. The molecule has 0 aliphatic carbocycles. The molecule has 6 nitrogen and oxygen atoms in total. The van der Waals surface area contributed by atoms with Crippen LogP contribution in [-0.2, 0) is 0 Å². The van der Waals surface area contributed by atoms with Crippen molar-refractivity contribution in [1.82, 2.24) is 19.8 Å². The molecule has 0 fully saturated rings. The fourth-order valence-corrected chi connectivity index (χ4v) is 2.13. The van der Waals surface area contributed by atoms with Crippen molar-refractivity contribution in [3.63, 3.8) is 0 Å². The van der Waals surface area contributed by atoms with E-state index >= 15 is 0 Å².